The molecule has 0 aromatic carbocycles. The van der Waals surface area contributed by atoms with Crippen LogP contribution in [-0.4, -0.2) is 48.9 Å². The summed E-state index contributed by atoms with van der Waals surface area (Å²) in [5, 5.41) is 33.0. The number of nitrogens with zero attached hydrogens (tertiary/aromatic N) is 4. The molecule has 1 aliphatic heterocycles. The minimum absolute atomic E-state index is 0.701. The Hall–Kier alpha value is -2.61. The van der Waals surface area contributed by atoms with Crippen LogP contribution >= 0.6 is 0 Å². The van der Waals surface area contributed by atoms with Crippen LogP contribution in [0.25, 0.3) is 10.4 Å². The van der Waals surface area contributed by atoms with Crippen molar-refractivity contribution in [3.63, 3.8) is 0 Å². The largest absolute Gasteiger partial charge is 0.393 e. The number of H-pyrrole nitrogens is 1. The number of azide groups is 1. The summed E-state index contributed by atoms with van der Waals surface area (Å²) >= 11 is 0. The first-order chi connectivity index (χ1) is 10.3. The summed E-state index contributed by atoms with van der Waals surface area (Å²) in [4.78, 5) is 27.2. The summed E-state index contributed by atoms with van der Waals surface area (Å²) in [6.07, 6.45) is 2.45. The molecule has 1 aromatic rings. The Bertz CT molecular complexity index is 789. The molecule has 0 saturated carbocycles. The molecule has 2 rings (SSSR count). The Morgan fingerprint density at radius 1 is 1.64 bits per heavy atom. The fourth-order valence-electron chi connectivity index (χ4n) is 2.17. The number of aromatic nitrogens is 2. The molecule has 116 valence electrons. The SMILES string of the molecule is C#C[C@]1(O)C(O)C(CO)(N=[N+]=[N-])O[C@H]1n1ccc(=O)[nH]c1=O. The molecule has 11 heteroatoms. The summed E-state index contributed by atoms with van der Waals surface area (Å²) < 4.78 is 5.90. The van der Waals surface area contributed by atoms with Gasteiger partial charge in [-0.25, -0.2) is 4.79 Å². The summed E-state index contributed by atoms with van der Waals surface area (Å²) in [7, 11) is 0. The standard InChI is InChI=1S/C11H11N5O6/c1-2-10(21)7(19)11(5-17,14-15-12)22-8(10)16-4-3-6(18)13-9(16)20/h1,3-4,7-8,17,19,21H,5H2,(H,13,18,20)/t7?,8-,10+,11?/m1/s1. The van der Waals surface area contributed by atoms with Crippen LogP contribution in [0.3, 0.4) is 0 Å². The zero-order valence-electron chi connectivity index (χ0n) is 10.9. The van der Waals surface area contributed by atoms with Crippen LogP contribution in [0, 0.1) is 12.3 Å². The first kappa shape index (κ1) is 15.8. The highest BCUT2D eigenvalue weighted by Crippen LogP contribution is 2.44. The Morgan fingerprint density at radius 3 is 2.82 bits per heavy atom. The van der Waals surface area contributed by atoms with Crippen molar-refractivity contribution in [1.29, 1.82) is 0 Å². The lowest BCUT2D eigenvalue weighted by molar-refractivity contribution is -0.126. The maximum atomic E-state index is 11.8. The van der Waals surface area contributed by atoms with Crippen molar-refractivity contribution in [2.24, 2.45) is 5.11 Å². The number of hydrogen-bond acceptors (Lipinski definition) is 7. The van der Waals surface area contributed by atoms with E-state index in [1.54, 1.807) is 0 Å². The third-order valence-corrected chi connectivity index (χ3v) is 3.31. The van der Waals surface area contributed by atoms with Gasteiger partial charge in [0.2, 0.25) is 5.72 Å². The first-order valence-electron chi connectivity index (χ1n) is 5.89. The predicted molar refractivity (Wildman–Crippen MR) is 70.2 cm³/mol. The van der Waals surface area contributed by atoms with Crippen LogP contribution in [0.1, 0.15) is 6.23 Å². The summed E-state index contributed by atoms with van der Waals surface area (Å²) in [5.41, 5.74) is 2.09. The van der Waals surface area contributed by atoms with E-state index in [2.05, 4.69) is 10.0 Å². The quantitative estimate of drug-likeness (QED) is 0.213. The molecule has 4 N–H and O–H groups in total. The molecule has 1 fully saturated rings. The Labute approximate surface area is 122 Å². The molecule has 0 spiro atoms. The molecule has 0 amide bonds. The number of rotatable bonds is 3. The molecule has 1 aromatic heterocycles. The van der Waals surface area contributed by atoms with Crippen LogP contribution in [0.4, 0.5) is 0 Å². The monoisotopic (exact) mass is 309 g/mol. The van der Waals surface area contributed by atoms with Crippen LogP contribution in [0.2, 0.25) is 0 Å². The normalized spacial score (nSPS) is 33.9. The van der Waals surface area contributed by atoms with Gasteiger partial charge in [0.05, 0.1) is 6.61 Å². The maximum Gasteiger partial charge on any atom is 0.330 e. The van der Waals surface area contributed by atoms with E-state index in [9.17, 15) is 24.9 Å². The lowest BCUT2D eigenvalue weighted by Crippen LogP contribution is -2.51. The Morgan fingerprint density at radius 2 is 2.32 bits per heavy atom. The van der Waals surface area contributed by atoms with E-state index in [4.69, 9.17) is 16.7 Å². The zero-order chi connectivity index (χ0) is 16.5. The van der Waals surface area contributed by atoms with E-state index < -0.39 is 41.5 Å². The van der Waals surface area contributed by atoms with Gasteiger partial charge >= 0.3 is 5.69 Å². The topological polar surface area (TPSA) is 174 Å². The number of nitrogens with one attached hydrogen (secondary N) is 1. The van der Waals surface area contributed by atoms with Gasteiger partial charge in [-0.2, -0.15) is 0 Å². The van der Waals surface area contributed by atoms with E-state index in [1.807, 2.05) is 10.9 Å². The summed E-state index contributed by atoms with van der Waals surface area (Å²) in [6, 6.07) is 0.959. The molecule has 4 atom stereocenters. The van der Waals surface area contributed by atoms with Crippen molar-refractivity contribution in [3.8, 4) is 12.3 Å². The van der Waals surface area contributed by atoms with E-state index in [0.717, 1.165) is 12.3 Å². The molecule has 1 saturated heterocycles. The van der Waals surface area contributed by atoms with Crippen molar-refractivity contribution < 1.29 is 20.1 Å². The molecule has 22 heavy (non-hydrogen) atoms. The smallest absolute Gasteiger partial charge is 0.330 e. The molecule has 0 radical (unpaired) electrons. The van der Waals surface area contributed by atoms with Crippen LogP contribution in [-0.2, 0) is 4.74 Å². The second-order valence-electron chi connectivity index (χ2n) is 4.55. The van der Waals surface area contributed by atoms with Gasteiger partial charge < -0.3 is 20.1 Å². The van der Waals surface area contributed by atoms with Gasteiger partial charge in [-0.1, -0.05) is 11.0 Å². The Kier molecular flexibility index (Phi) is 3.80. The van der Waals surface area contributed by atoms with Gasteiger partial charge in [0.1, 0.15) is 6.10 Å². The highest BCUT2D eigenvalue weighted by molar-refractivity contribution is 5.22. The lowest BCUT2D eigenvalue weighted by Gasteiger charge is -2.27. The molecule has 0 aliphatic carbocycles. The van der Waals surface area contributed by atoms with Crippen molar-refractivity contribution >= 4 is 0 Å². The number of aliphatic hydroxyl groups excluding tert-OH is 2. The van der Waals surface area contributed by atoms with Gasteiger partial charge in [-0.3, -0.25) is 14.3 Å². The number of aliphatic hydroxyl groups is 3. The zero-order valence-corrected chi connectivity index (χ0v) is 10.9. The van der Waals surface area contributed by atoms with Gasteiger partial charge in [-0.15, -0.1) is 6.42 Å². The van der Waals surface area contributed by atoms with E-state index >= 15 is 0 Å². The number of terminal acetylenes is 1. The average Bonchev–Trinajstić information content (AvgIpc) is 2.71. The molecular formula is C11H11N5O6. The number of hydrogen-bond donors (Lipinski definition) is 4. The molecule has 2 heterocycles. The van der Waals surface area contributed by atoms with Gasteiger partial charge in [0.15, 0.2) is 11.8 Å². The Balaban J connectivity index is 2.66. The summed E-state index contributed by atoms with van der Waals surface area (Å²) in [6.45, 7) is -1.00. The minimum atomic E-state index is -2.49. The van der Waals surface area contributed by atoms with Gasteiger partial charge in [-0.05, 0) is 5.53 Å². The number of ether oxygens (including phenoxy) is 1. The van der Waals surface area contributed by atoms with E-state index in [0.29, 0.717) is 4.57 Å². The predicted octanol–water partition coefficient (Wildman–Crippen LogP) is -2.21. The third kappa shape index (κ3) is 2.08. The highest BCUT2D eigenvalue weighted by atomic mass is 16.6. The first-order valence-corrected chi connectivity index (χ1v) is 5.89. The fourth-order valence-corrected chi connectivity index (χ4v) is 2.17. The van der Waals surface area contributed by atoms with Gasteiger partial charge in [0, 0.05) is 17.2 Å². The van der Waals surface area contributed by atoms with Crippen molar-refractivity contribution in [2.45, 2.75) is 23.7 Å². The molecule has 11 nitrogen and oxygen atoms in total. The average molecular weight is 309 g/mol. The summed E-state index contributed by atoms with van der Waals surface area (Å²) in [5.74, 6) is 1.86. The van der Waals surface area contributed by atoms with Crippen LogP contribution in [0.15, 0.2) is 27.0 Å². The second kappa shape index (κ2) is 5.30. The molecule has 2 unspecified atom stereocenters. The molecule has 0 bridgehead atoms. The van der Waals surface area contributed by atoms with Crippen molar-refractivity contribution in [3.05, 3.63) is 43.5 Å². The molecular weight excluding hydrogens is 298 g/mol. The lowest BCUT2D eigenvalue weighted by atomic mass is 9.92. The van der Waals surface area contributed by atoms with E-state index in [1.165, 1.54) is 0 Å². The van der Waals surface area contributed by atoms with Gasteiger partial charge in [0.25, 0.3) is 5.56 Å². The fraction of sp³-hybridized carbons (Fsp3) is 0.455. The highest BCUT2D eigenvalue weighted by Gasteiger charge is 2.63. The minimum Gasteiger partial charge on any atom is -0.393 e. The van der Waals surface area contributed by atoms with Crippen LogP contribution < -0.4 is 11.2 Å². The molecule has 1 aliphatic rings. The maximum absolute atomic E-state index is 11.8. The second-order valence-corrected chi connectivity index (χ2v) is 4.55. The van der Waals surface area contributed by atoms with Crippen molar-refractivity contribution in [2.75, 3.05) is 6.61 Å². The van der Waals surface area contributed by atoms with Crippen LogP contribution in [0.5, 0.6) is 0 Å². The third-order valence-electron chi connectivity index (χ3n) is 3.31. The van der Waals surface area contributed by atoms with E-state index in [-0.39, 0.29) is 0 Å². The number of aromatic amines is 1. The van der Waals surface area contributed by atoms with Crippen molar-refractivity contribution in [1.82, 2.24) is 9.55 Å².